The Morgan fingerprint density at radius 3 is 1.68 bits per heavy atom. The third-order valence-electron chi connectivity index (χ3n) is 5.66. The number of anilines is 3. The van der Waals surface area contributed by atoms with E-state index in [0.29, 0.717) is 41.6 Å². The van der Waals surface area contributed by atoms with Crippen LogP contribution < -0.4 is 17.2 Å². The van der Waals surface area contributed by atoms with E-state index in [4.69, 9.17) is 17.2 Å². The fourth-order valence-electron chi connectivity index (χ4n) is 3.93. The summed E-state index contributed by atoms with van der Waals surface area (Å²) in [5.74, 6) is 0.296. The van der Waals surface area contributed by atoms with Crippen molar-refractivity contribution in [1.29, 1.82) is 0 Å². The lowest BCUT2D eigenvalue weighted by molar-refractivity contribution is -0.384. The van der Waals surface area contributed by atoms with Gasteiger partial charge in [0.1, 0.15) is 5.82 Å². The first kappa shape index (κ1) is 24.9. The minimum absolute atomic E-state index is 0. The highest BCUT2D eigenvalue weighted by molar-refractivity contribution is 6.16. The van der Waals surface area contributed by atoms with Gasteiger partial charge in [-0.1, -0.05) is 7.43 Å². The highest BCUT2D eigenvalue weighted by Gasteiger charge is 2.25. The lowest BCUT2D eigenvalue weighted by Crippen LogP contribution is -2.06. The van der Waals surface area contributed by atoms with Gasteiger partial charge in [0.05, 0.1) is 46.5 Å². The fourth-order valence-corrected chi connectivity index (χ4v) is 3.93. The summed E-state index contributed by atoms with van der Waals surface area (Å²) < 4.78 is 0. The molecule has 0 bridgehead atoms. The highest BCUT2D eigenvalue weighted by atomic mass is 16.6. The number of aliphatic imine (C=N–C) groups is 2. The van der Waals surface area contributed by atoms with Crippen LogP contribution in [0.5, 0.6) is 0 Å². The Kier molecular flexibility index (Phi) is 6.82. The third kappa shape index (κ3) is 4.80. The molecule has 6 N–H and O–H groups in total. The van der Waals surface area contributed by atoms with Crippen molar-refractivity contribution in [3.63, 3.8) is 0 Å². The third-order valence-corrected chi connectivity index (χ3v) is 5.66. The number of nitrogens with two attached hydrogens (primary N) is 3. The molecule has 0 aliphatic carbocycles. The van der Waals surface area contributed by atoms with Crippen LogP contribution >= 0.6 is 0 Å². The molecule has 4 aromatic rings. The number of aromatic nitrogens is 4. The minimum Gasteiger partial charge on any atom is -0.396 e. The molecule has 0 saturated heterocycles. The van der Waals surface area contributed by atoms with Crippen molar-refractivity contribution < 1.29 is 4.92 Å². The van der Waals surface area contributed by atoms with E-state index in [0.717, 1.165) is 28.1 Å². The van der Waals surface area contributed by atoms with Gasteiger partial charge in [0, 0.05) is 53.1 Å². The Hall–Kier alpha value is -5.26. The summed E-state index contributed by atoms with van der Waals surface area (Å²) in [6.45, 7) is 0.937. The van der Waals surface area contributed by atoms with Gasteiger partial charge in [0.2, 0.25) is 5.82 Å². The normalized spacial score (nSPS) is 12.8. The van der Waals surface area contributed by atoms with Gasteiger partial charge in [-0.25, -0.2) is 9.97 Å². The molecule has 4 aromatic heterocycles. The van der Waals surface area contributed by atoms with E-state index in [2.05, 4.69) is 29.9 Å². The molecule has 2 aliphatic heterocycles. The van der Waals surface area contributed by atoms with Crippen molar-refractivity contribution in [2.45, 2.75) is 20.5 Å². The number of rotatable bonds is 3. The van der Waals surface area contributed by atoms with Gasteiger partial charge in [-0.2, -0.15) is 0 Å². The zero-order valence-corrected chi connectivity index (χ0v) is 18.9. The van der Waals surface area contributed by atoms with E-state index in [9.17, 15) is 10.1 Å². The number of nitrogens with zero attached hydrogens (tertiary/aromatic N) is 7. The first-order valence-corrected chi connectivity index (χ1v) is 10.8. The second-order valence-corrected chi connectivity index (χ2v) is 7.90. The molecule has 0 atom stereocenters. The Balaban J connectivity index is 0.000000169. The molecule has 6 rings (SSSR count). The second kappa shape index (κ2) is 10.2. The van der Waals surface area contributed by atoms with Crippen LogP contribution in [0.15, 0.2) is 71.2 Å². The summed E-state index contributed by atoms with van der Waals surface area (Å²) in [4.78, 5) is 35.4. The van der Waals surface area contributed by atoms with Gasteiger partial charge in [0.15, 0.2) is 0 Å². The lowest BCUT2D eigenvalue weighted by atomic mass is 10.0. The zero-order chi connectivity index (χ0) is 25.2. The molecule has 0 spiro atoms. The van der Waals surface area contributed by atoms with E-state index in [1.165, 1.54) is 6.07 Å². The number of fused-ring (bicyclic) bond motifs is 2. The smallest absolute Gasteiger partial charge is 0.311 e. The Morgan fingerprint density at radius 1 is 0.730 bits per heavy atom. The topological polar surface area (TPSA) is 197 Å². The van der Waals surface area contributed by atoms with Crippen LogP contribution in [0.1, 0.15) is 41.1 Å². The Bertz CT molecular complexity index is 1540. The van der Waals surface area contributed by atoms with Crippen LogP contribution in [0, 0.1) is 10.1 Å². The second-order valence-electron chi connectivity index (χ2n) is 7.90. The lowest BCUT2D eigenvalue weighted by Gasteiger charge is -2.06. The van der Waals surface area contributed by atoms with E-state index in [1.54, 1.807) is 36.9 Å². The van der Waals surface area contributed by atoms with E-state index in [1.807, 2.05) is 18.2 Å². The molecule has 6 heterocycles. The van der Waals surface area contributed by atoms with Crippen LogP contribution in [-0.2, 0) is 13.1 Å². The predicted molar refractivity (Wildman–Crippen MR) is 142 cm³/mol. The van der Waals surface area contributed by atoms with Crippen molar-refractivity contribution in [3.05, 3.63) is 105 Å². The molecule has 0 amide bonds. The van der Waals surface area contributed by atoms with Gasteiger partial charge in [-0.3, -0.25) is 30.1 Å². The molecule has 12 nitrogen and oxygen atoms in total. The summed E-state index contributed by atoms with van der Waals surface area (Å²) in [6, 6.07) is 10.7. The molecule has 186 valence electrons. The summed E-state index contributed by atoms with van der Waals surface area (Å²) >= 11 is 0. The summed E-state index contributed by atoms with van der Waals surface area (Å²) in [7, 11) is 0. The van der Waals surface area contributed by atoms with Gasteiger partial charge >= 0.3 is 5.69 Å². The van der Waals surface area contributed by atoms with E-state index in [-0.39, 0.29) is 18.9 Å². The molecule has 12 heteroatoms. The Morgan fingerprint density at radius 2 is 1.19 bits per heavy atom. The number of nitro groups is 1. The Labute approximate surface area is 212 Å². The largest absolute Gasteiger partial charge is 0.396 e. The molecule has 37 heavy (non-hydrogen) atoms. The summed E-state index contributed by atoms with van der Waals surface area (Å²) in [6.07, 6.45) is 6.78. The maximum Gasteiger partial charge on any atom is 0.311 e. The monoisotopic (exact) mass is 496 g/mol. The molecule has 2 aliphatic rings. The maximum absolute atomic E-state index is 10.9. The predicted octanol–water partition coefficient (Wildman–Crippen LogP) is 2.95. The average molecular weight is 497 g/mol. The highest BCUT2D eigenvalue weighted by Crippen LogP contribution is 2.29. The number of hydrogen-bond acceptors (Lipinski definition) is 11. The first-order valence-electron chi connectivity index (χ1n) is 10.8. The number of hydrogen-bond donors (Lipinski definition) is 3. The SMILES string of the molecule is C.Nc1cc2c(nc1N)CN=C2c1ccncc1.Nc1nc2c(cc1[N+](=O)[O-])C(c1ccncc1)=NC2. The number of pyridine rings is 4. The number of nitrogen functional groups attached to an aromatic ring is 3. The molecule has 0 aromatic carbocycles. The van der Waals surface area contributed by atoms with Gasteiger partial charge < -0.3 is 17.2 Å². The summed E-state index contributed by atoms with van der Waals surface area (Å²) in [5, 5.41) is 10.9. The van der Waals surface area contributed by atoms with Crippen LogP contribution in [0.4, 0.5) is 23.0 Å². The van der Waals surface area contributed by atoms with E-state index < -0.39 is 4.92 Å². The molecule has 0 saturated carbocycles. The van der Waals surface area contributed by atoms with Gasteiger partial charge in [0.25, 0.3) is 0 Å². The molecule has 0 radical (unpaired) electrons. The molecular weight excluding hydrogens is 472 g/mol. The maximum atomic E-state index is 10.9. The van der Waals surface area contributed by atoms with Gasteiger partial charge in [-0.05, 0) is 30.3 Å². The van der Waals surface area contributed by atoms with Crippen molar-refractivity contribution in [2.75, 3.05) is 17.2 Å². The quantitative estimate of drug-likeness (QED) is 0.282. The molecule has 0 fully saturated rings. The van der Waals surface area contributed by atoms with Crippen molar-refractivity contribution in [2.24, 2.45) is 9.98 Å². The first-order chi connectivity index (χ1) is 17.4. The average Bonchev–Trinajstić information content (AvgIpc) is 3.48. The van der Waals surface area contributed by atoms with Crippen LogP contribution in [-0.4, -0.2) is 36.3 Å². The van der Waals surface area contributed by atoms with Crippen LogP contribution in [0.3, 0.4) is 0 Å². The zero-order valence-electron chi connectivity index (χ0n) is 18.9. The minimum atomic E-state index is -0.537. The van der Waals surface area contributed by atoms with Gasteiger partial charge in [-0.15, -0.1) is 0 Å². The van der Waals surface area contributed by atoms with Crippen molar-refractivity contribution >= 4 is 34.4 Å². The van der Waals surface area contributed by atoms with Crippen LogP contribution in [0.2, 0.25) is 0 Å². The standard InChI is InChI=1S/C12H9N5O2.C12H11N5.CH4/c13-12-10(17(18)19)5-8-9(16-12)6-15-11(8)7-1-3-14-4-2-7;13-9-5-8-10(17-12(9)14)6-16-11(8)7-1-3-15-4-2-7;/h1-5H,6H2,(H2,13,16);1-5H,6,13H2,(H2,14,17);1H4. The van der Waals surface area contributed by atoms with Crippen molar-refractivity contribution in [1.82, 2.24) is 19.9 Å². The van der Waals surface area contributed by atoms with E-state index >= 15 is 0 Å². The fraction of sp³-hybridized carbons (Fsp3) is 0.120. The molecule has 0 unspecified atom stereocenters. The molecular formula is C25H24N10O2. The van der Waals surface area contributed by atoms with Crippen LogP contribution in [0.25, 0.3) is 0 Å². The van der Waals surface area contributed by atoms with Crippen molar-refractivity contribution in [3.8, 4) is 0 Å². The summed E-state index contributed by atoms with van der Waals surface area (Å²) in [5.41, 5.74) is 24.0.